The van der Waals surface area contributed by atoms with Gasteiger partial charge in [-0.1, -0.05) is 6.07 Å². The maximum absolute atomic E-state index is 11.7. The van der Waals surface area contributed by atoms with E-state index < -0.39 is 0 Å². The molecule has 1 atom stereocenters. The summed E-state index contributed by atoms with van der Waals surface area (Å²) in [6.07, 6.45) is 0.378. The van der Waals surface area contributed by atoms with Crippen molar-refractivity contribution in [3.05, 3.63) is 29.3 Å². The molecular formula is C12H13N3O2. The van der Waals surface area contributed by atoms with E-state index in [2.05, 4.69) is 5.32 Å². The molecule has 0 spiro atoms. The van der Waals surface area contributed by atoms with Crippen molar-refractivity contribution in [1.82, 2.24) is 5.32 Å². The van der Waals surface area contributed by atoms with Crippen LogP contribution in [0.2, 0.25) is 0 Å². The standard InChI is InChI=1S/C12H13N3O2/c13-8-3-11(16)15(6-8)9-2-1-7-5-14-12(17)10(7)4-9/h1-2,4,8H,3,5-6,13H2,(H,14,17). The highest BCUT2D eigenvalue weighted by Crippen LogP contribution is 2.25. The molecule has 88 valence electrons. The third kappa shape index (κ3) is 1.59. The van der Waals surface area contributed by atoms with E-state index in [0.717, 1.165) is 11.3 Å². The van der Waals surface area contributed by atoms with Crippen molar-refractivity contribution in [2.24, 2.45) is 5.73 Å². The van der Waals surface area contributed by atoms with Crippen molar-refractivity contribution in [2.75, 3.05) is 11.4 Å². The second kappa shape index (κ2) is 3.56. The fourth-order valence-corrected chi connectivity index (χ4v) is 2.35. The highest BCUT2D eigenvalue weighted by Gasteiger charge is 2.29. The minimum atomic E-state index is -0.107. The molecule has 0 radical (unpaired) electrons. The van der Waals surface area contributed by atoms with Crippen LogP contribution in [0.4, 0.5) is 5.69 Å². The summed E-state index contributed by atoms with van der Waals surface area (Å²) >= 11 is 0. The summed E-state index contributed by atoms with van der Waals surface area (Å²) in [5.41, 5.74) is 8.16. The molecule has 3 rings (SSSR count). The molecule has 1 unspecified atom stereocenters. The van der Waals surface area contributed by atoms with Gasteiger partial charge in [0, 0.05) is 36.8 Å². The Hall–Kier alpha value is -1.88. The summed E-state index contributed by atoms with van der Waals surface area (Å²) in [4.78, 5) is 24.9. The Bertz CT molecular complexity index is 512. The minimum Gasteiger partial charge on any atom is -0.348 e. The fraction of sp³-hybridized carbons (Fsp3) is 0.333. The fourth-order valence-electron chi connectivity index (χ4n) is 2.35. The smallest absolute Gasteiger partial charge is 0.251 e. The molecule has 0 aromatic heterocycles. The first kappa shape index (κ1) is 10.3. The summed E-state index contributed by atoms with van der Waals surface area (Å²) in [5.74, 6) is -0.0475. The number of amides is 2. The Morgan fingerprint density at radius 2 is 2.18 bits per heavy atom. The van der Waals surface area contributed by atoms with Crippen molar-refractivity contribution in [2.45, 2.75) is 19.0 Å². The summed E-state index contributed by atoms with van der Waals surface area (Å²) in [5, 5.41) is 2.76. The van der Waals surface area contributed by atoms with Crippen LogP contribution in [0.3, 0.4) is 0 Å². The molecule has 0 aliphatic carbocycles. The summed E-state index contributed by atoms with van der Waals surface area (Å²) < 4.78 is 0. The average molecular weight is 231 g/mol. The van der Waals surface area contributed by atoms with Crippen molar-refractivity contribution < 1.29 is 9.59 Å². The van der Waals surface area contributed by atoms with E-state index >= 15 is 0 Å². The highest BCUT2D eigenvalue weighted by atomic mass is 16.2. The number of hydrogen-bond acceptors (Lipinski definition) is 3. The number of nitrogens with two attached hydrogens (primary N) is 1. The minimum absolute atomic E-state index is 0.0239. The molecule has 1 fully saturated rings. The van der Waals surface area contributed by atoms with Crippen LogP contribution in [0, 0.1) is 0 Å². The molecule has 3 N–H and O–H groups in total. The van der Waals surface area contributed by atoms with Crippen LogP contribution in [0.5, 0.6) is 0 Å². The van der Waals surface area contributed by atoms with Crippen LogP contribution in [-0.2, 0) is 11.3 Å². The zero-order valence-corrected chi connectivity index (χ0v) is 9.27. The largest absolute Gasteiger partial charge is 0.348 e. The predicted molar refractivity (Wildman–Crippen MR) is 62.6 cm³/mol. The van der Waals surface area contributed by atoms with E-state index in [-0.39, 0.29) is 17.9 Å². The Kier molecular flexibility index (Phi) is 2.16. The van der Waals surface area contributed by atoms with Gasteiger partial charge in [-0.15, -0.1) is 0 Å². The topological polar surface area (TPSA) is 75.4 Å². The van der Waals surface area contributed by atoms with Crippen LogP contribution < -0.4 is 16.0 Å². The molecule has 1 saturated heterocycles. The lowest BCUT2D eigenvalue weighted by atomic mass is 10.1. The van der Waals surface area contributed by atoms with E-state index in [0.29, 0.717) is 25.1 Å². The molecule has 1 aromatic carbocycles. The van der Waals surface area contributed by atoms with Gasteiger partial charge in [0.25, 0.3) is 5.91 Å². The number of hydrogen-bond donors (Lipinski definition) is 2. The number of fused-ring (bicyclic) bond motifs is 1. The van der Waals surface area contributed by atoms with Crippen LogP contribution in [0.25, 0.3) is 0 Å². The van der Waals surface area contributed by atoms with Gasteiger partial charge in [0.2, 0.25) is 5.91 Å². The molecule has 5 heteroatoms. The predicted octanol–water partition coefficient (Wildman–Crippen LogP) is -0.00600. The normalized spacial score (nSPS) is 22.9. The van der Waals surface area contributed by atoms with Gasteiger partial charge < -0.3 is 16.0 Å². The molecule has 0 bridgehead atoms. The third-order valence-corrected chi connectivity index (χ3v) is 3.24. The third-order valence-electron chi connectivity index (χ3n) is 3.24. The van der Waals surface area contributed by atoms with E-state index in [9.17, 15) is 9.59 Å². The molecular weight excluding hydrogens is 218 g/mol. The Labute approximate surface area is 98.6 Å². The Morgan fingerprint density at radius 3 is 2.88 bits per heavy atom. The lowest BCUT2D eigenvalue weighted by Crippen LogP contribution is -2.28. The summed E-state index contributed by atoms with van der Waals surface area (Å²) in [7, 11) is 0. The van der Waals surface area contributed by atoms with Crippen molar-refractivity contribution >= 4 is 17.5 Å². The van der Waals surface area contributed by atoms with Crippen LogP contribution in [0.1, 0.15) is 22.3 Å². The van der Waals surface area contributed by atoms with Gasteiger partial charge >= 0.3 is 0 Å². The highest BCUT2D eigenvalue weighted by molar-refractivity contribution is 6.01. The van der Waals surface area contributed by atoms with Gasteiger partial charge in [-0.3, -0.25) is 9.59 Å². The Morgan fingerprint density at radius 1 is 1.35 bits per heavy atom. The number of carbonyl (C=O) groups excluding carboxylic acids is 2. The first-order valence-corrected chi connectivity index (χ1v) is 5.62. The molecule has 0 saturated carbocycles. The molecule has 5 nitrogen and oxygen atoms in total. The Balaban J connectivity index is 1.97. The first-order valence-electron chi connectivity index (χ1n) is 5.62. The van der Waals surface area contributed by atoms with Crippen molar-refractivity contribution in [1.29, 1.82) is 0 Å². The quantitative estimate of drug-likeness (QED) is 0.714. The van der Waals surface area contributed by atoms with Crippen LogP contribution in [0.15, 0.2) is 18.2 Å². The lowest BCUT2D eigenvalue weighted by molar-refractivity contribution is -0.117. The van der Waals surface area contributed by atoms with Crippen molar-refractivity contribution in [3.63, 3.8) is 0 Å². The zero-order chi connectivity index (χ0) is 12.0. The van der Waals surface area contributed by atoms with E-state index in [1.54, 1.807) is 11.0 Å². The second-order valence-electron chi connectivity index (χ2n) is 4.49. The summed E-state index contributed by atoms with van der Waals surface area (Å²) in [6, 6.07) is 5.42. The molecule has 2 aliphatic heterocycles. The van der Waals surface area contributed by atoms with Gasteiger partial charge in [0.05, 0.1) is 0 Å². The molecule has 2 aliphatic rings. The molecule has 2 amide bonds. The van der Waals surface area contributed by atoms with Gasteiger partial charge in [0.15, 0.2) is 0 Å². The number of rotatable bonds is 1. The maximum atomic E-state index is 11.7. The first-order chi connectivity index (χ1) is 8.15. The molecule has 17 heavy (non-hydrogen) atoms. The van der Waals surface area contributed by atoms with Gasteiger partial charge in [0.1, 0.15) is 0 Å². The zero-order valence-electron chi connectivity index (χ0n) is 9.27. The van der Waals surface area contributed by atoms with E-state index in [4.69, 9.17) is 5.73 Å². The summed E-state index contributed by atoms with van der Waals surface area (Å²) in [6.45, 7) is 1.10. The van der Waals surface area contributed by atoms with Gasteiger partial charge in [-0.05, 0) is 17.7 Å². The maximum Gasteiger partial charge on any atom is 0.251 e. The molecule has 2 heterocycles. The van der Waals surface area contributed by atoms with E-state index in [1.807, 2.05) is 12.1 Å². The van der Waals surface area contributed by atoms with Crippen molar-refractivity contribution in [3.8, 4) is 0 Å². The SMILES string of the molecule is NC1CC(=O)N(c2ccc3c(c2)C(=O)NC3)C1. The monoisotopic (exact) mass is 231 g/mol. The van der Waals surface area contributed by atoms with Crippen LogP contribution >= 0.6 is 0 Å². The number of benzene rings is 1. The molecule has 1 aromatic rings. The number of nitrogens with one attached hydrogen (secondary N) is 1. The average Bonchev–Trinajstić information content (AvgIpc) is 2.83. The van der Waals surface area contributed by atoms with Gasteiger partial charge in [-0.2, -0.15) is 0 Å². The number of carbonyl (C=O) groups is 2. The lowest BCUT2D eigenvalue weighted by Gasteiger charge is -2.16. The van der Waals surface area contributed by atoms with Gasteiger partial charge in [-0.25, -0.2) is 0 Å². The van der Waals surface area contributed by atoms with E-state index in [1.165, 1.54) is 0 Å². The second-order valence-corrected chi connectivity index (χ2v) is 4.49. The number of anilines is 1. The number of nitrogens with zero attached hydrogens (tertiary/aromatic N) is 1. The van der Waals surface area contributed by atoms with Crippen LogP contribution in [-0.4, -0.2) is 24.4 Å².